The van der Waals surface area contributed by atoms with E-state index in [1.165, 1.54) is 6.07 Å². The summed E-state index contributed by atoms with van der Waals surface area (Å²) in [6.45, 7) is 2.47. The van der Waals surface area contributed by atoms with E-state index in [0.29, 0.717) is 30.4 Å². The molecule has 1 aromatic heterocycles. The molecule has 1 heterocycles. The molecule has 0 aliphatic heterocycles. The highest BCUT2D eigenvalue weighted by Gasteiger charge is 2.16. The first-order valence-electron chi connectivity index (χ1n) is 5.95. The van der Waals surface area contributed by atoms with Crippen LogP contribution < -0.4 is 0 Å². The van der Waals surface area contributed by atoms with Gasteiger partial charge < -0.3 is 14.4 Å². The molecule has 0 aliphatic carbocycles. The predicted octanol–water partition coefficient (Wildman–Crippen LogP) is 1.53. The Morgan fingerprint density at radius 3 is 2.79 bits per heavy atom. The van der Waals surface area contributed by atoms with Crippen molar-refractivity contribution in [1.82, 2.24) is 14.8 Å². The molecule has 0 aliphatic rings. The molecule has 1 aromatic carbocycles. The van der Waals surface area contributed by atoms with E-state index in [0.717, 1.165) is 5.56 Å². The van der Waals surface area contributed by atoms with Gasteiger partial charge in [0, 0.05) is 13.7 Å². The fourth-order valence-electron chi connectivity index (χ4n) is 1.87. The van der Waals surface area contributed by atoms with Crippen molar-refractivity contribution >= 4 is 0 Å². The van der Waals surface area contributed by atoms with E-state index in [-0.39, 0.29) is 12.4 Å². The van der Waals surface area contributed by atoms with Crippen LogP contribution in [0, 0.1) is 12.7 Å². The van der Waals surface area contributed by atoms with Crippen molar-refractivity contribution < 1.29 is 14.2 Å². The van der Waals surface area contributed by atoms with Crippen LogP contribution in [0.2, 0.25) is 0 Å². The molecule has 0 atom stereocenters. The van der Waals surface area contributed by atoms with Crippen molar-refractivity contribution in [2.75, 3.05) is 13.7 Å². The number of benzene rings is 1. The van der Waals surface area contributed by atoms with Gasteiger partial charge in [-0.1, -0.05) is 6.07 Å². The number of aryl methyl sites for hydroxylation is 1. The normalized spacial score (nSPS) is 10.9. The number of aliphatic hydroxyl groups excluding tert-OH is 1. The maximum Gasteiger partial charge on any atom is 0.167 e. The number of halogens is 1. The lowest BCUT2D eigenvalue weighted by molar-refractivity contribution is 0.183. The number of aliphatic hydroxyl groups is 1. The minimum Gasteiger partial charge on any atom is -0.388 e. The van der Waals surface area contributed by atoms with Crippen molar-refractivity contribution in [3.05, 3.63) is 35.4 Å². The second-order valence-electron chi connectivity index (χ2n) is 4.23. The van der Waals surface area contributed by atoms with Crippen LogP contribution >= 0.6 is 0 Å². The molecule has 0 amide bonds. The monoisotopic (exact) mass is 265 g/mol. The van der Waals surface area contributed by atoms with E-state index >= 15 is 0 Å². The van der Waals surface area contributed by atoms with Crippen molar-refractivity contribution in [1.29, 1.82) is 0 Å². The number of rotatable bonds is 5. The van der Waals surface area contributed by atoms with Crippen molar-refractivity contribution in [2.24, 2.45) is 0 Å². The molecule has 0 unspecified atom stereocenters. The molecule has 0 saturated carbocycles. The van der Waals surface area contributed by atoms with E-state index in [4.69, 9.17) is 4.74 Å². The molecular weight excluding hydrogens is 249 g/mol. The SMILES string of the molecule is COCCn1c(CO)nnc1-c1ccc(C)cc1F. The quantitative estimate of drug-likeness (QED) is 0.890. The molecule has 0 radical (unpaired) electrons. The number of nitrogens with zero attached hydrogens (tertiary/aromatic N) is 3. The van der Waals surface area contributed by atoms with Gasteiger partial charge in [-0.3, -0.25) is 0 Å². The standard InChI is InChI=1S/C13H16FN3O2/c1-9-3-4-10(11(14)7-9)13-16-15-12(8-18)17(13)5-6-19-2/h3-4,7,18H,5-6,8H2,1-2H3. The van der Waals surface area contributed by atoms with E-state index in [1.54, 1.807) is 17.7 Å². The van der Waals surface area contributed by atoms with Crippen LogP contribution in [0.5, 0.6) is 0 Å². The van der Waals surface area contributed by atoms with Gasteiger partial charge in [-0.15, -0.1) is 10.2 Å². The molecule has 0 saturated heterocycles. The third kappa shape index (κ3) is 2.80. The first-order chi connectivity index (χ1) is 9.17. The van der Waals surface area contributed by atoms with Crippen LogP contribution in [0.25, 0.3) is 11.4 Å². The predicted molar refractivity (Wildman–Crippen MR) is 68.0 cm³/mol. The Kier molecular flexibility index (Phi) is 4.24. The van der Waals surface area contributed by atoms with Crippen LogP contribution in [-0.4, -0.2) is 33.6 Å². The number of hydrogen-bond donors (Lipinski definition) is 1. The van der Waals surface area contributed by atoms with Gasteiger partial charge >= 0.3 is 0 Å². The molecule has 2 aromatic rings. The third-order valence-corrected chi connectivity index (χ3v) is 2.85. The smallest absolute Gasteiger partial charge is 0.167 e. The van der Waals surface area contributed by atoms with E-state index in [2.05, 4.69) is 10.2 Å². The summed E-state index contributed by atoms with van der Waals surface area (Å²) < 4.78 is 20.6. The third-order valence-electron chi connectivity index (χ3n) is 2.85. The average molecular weight is 265 g/mol. The molecule has 19 heavy (non-hydrogen) atoms. The van der Waals surface area contributed by atoms with Crippen LogP contribution in [0.1, 0.15) is 11.4 Å². The number of aromatic nitrogens is 3. The molecule has 2 rings (SSSR count). The van der Waals surface area contributed by atoms with Crippen molar-refractivity contribution in [2.45, 2.75) is 20.1 Å². The van der Waals surface area contributed by atoms with Gasteiger partial charge in [0.2, 0.25) is 0 Å². The lowest BCUT2D eigenvalue weighted by atomic mass is 10.1. The zero-order valence-electron chi connectivity index (χ0n) is 10.9. The zero-order chi connectivity index (χ0) is 13.8. The molecule has 1 N–H and O–H groups in total. The Labute approximate surface area is 110 Å². The molecule has 0 fully saturated rings. The first-order valence-corrected chi connectivity index (χ1v) is 5.95. The van der Waals surface area contributed by atoms with Crippen LogP contribution in [0.4, 0.5) is 4.39 Å². The summed E-state index contributed by atoms with van der Waals surface area (Å²) in [5.74, 6) is 0.446. The molecule has 0 spiro atoms. The fraction of sp³-hybridized carbons (Fsp3) is 0.385. The van der Waals surface area contributed by atoms with Crippen LogP contribution in [-0.2, 0) is 17.9 Å². The lowest BCUT2D eigenvalue weighted by Gasteiger charge is -2.09. The summed E-state index contributed by atoms with van der Waals surface area (Å²) in [6, 6.07) is 4.93. The Morgan fingerprint density at radius 1 is 1.37 bits per heavy atom. The second kappa shape index (κ2) is 5.90. The average Bonchev–Trinajstić information content (AvgIpc) is 2.79. The summed E-state index contributed by atoms with van der Waals surface area (Å²) in [5, 5.41) is 17.1. The fourth-order valence-corrected chi connectivity index (χ4v) is 1.87. The summed E-state index contributed by atoms with van der Waals surface area (Å²) in [6.07, 6.45) is 0. The second-order valence-corrected chi connectivity index (χ2v) is 4.23. The van der Waals surface area contributed by atoms with Gasteiger partial charge in [-0.2, -0.15) is 0 Å². The lowest BCUT2D eigenvalue weighted by Crippen LogP contribution is -2.10. The Balaban J connectivity index is 2.46. The van der Waals surface area contributed by atoms with E-state index in [1.807, 2.05) is 13.0 Å². The first kappa shape index (κ1) is 13.6. The summed E-state index contributed by atoms with van der Waals surface area (Å²) in [7, 11) is 1.58. The largest absolute Gasteiger partial charge is 0.388 e. The van der Waals surface area contributed by atoms with Crippen LogP contribution in [0.15, 0.2) is 18.2 Å². The molecule has 5 nitrogen and oxygen atoms in total. The topological polar surface area (TPSA) is 60.2 Å². The summed E-state index contributed by atoms with van der Waals surface area (Å²) in [5.41, 5.74) is 1.21. The number of methoxy groups -OCH3 is 1. The maximum absolute atomic E-state index is 14.0. The summed E-state index contributed by atoms with van der Waals surface area (Å²) >= 11 is 0. The van der Waals surface area contributed by atoms with Gasteiger partial charge in [-0.25, -0.2) is 4.39 Å². The van der Waals surface area contributed by atoms with Gasteiger partial charge in [0.15, 0.2) is 11.6 Å². The van der Waals surface area contributed by atoms with Gasteiger partial charge in [0.05, 0.1) is 12.2 Å². The highest BCUT2D eigenvalue weighted by Crippen LogP contribution is 2.22. The Hall–Kier alpha value is -1.79. The molecule has 0 bridgehead atoms. The van der Waals surface area contributed by atoms with Gasteiger partial charge in [0.1, 0.15) is 12.4 Å². The minimum absolute atomic E-state index is 0.246. The van der Waals surface area contributed by atoms with Gasteiger partial charge in [0.25, 0.3) is 0 Å². The maximum atomic E-state index is 14.0. The number of hydrogen-bond acceptors (Lipinski definition) is 4. The highest BCUT2D eigenvalue weighted by atomic mass is 19.1. The minimum atomic E-state index is -0.351. The van der Waals surface area contributed by atoms with Crippen LogP contribution in [0.3, 0.4) is 0 Å². The van der Waals surface area contributed by atoms with E-state index < -0.39 is 0 Å². The summed E-state index contributed by atoms with van der Waals surface area (Å²) in [4.78, 5) is 0. The molecule has 102 valence electrons. The Morgan fingerprint density at radius 2 is 2.16 bits per heavy atom. The van der Waals surface area contributed by atoms with Crippen molar-refractivity contribution in [3.63, 3.8) is 0 Å². The van der Waals surface area contributed by atoms with Gasteiger partial charge in [-0.05, 0) is 24.6 Å². The molecule has 6 heteroatoms. The van der Waals surface area contributed by atoms with Crippen molar-refractivity contribution in [3.8, 4) is 11.4 Å². The molecular formula is C13H16FN3O2. The van der Waals surface area contributed by atoms with E-state index in [9.17, 15) is 9.50 Å². The highest BCUT2D eigenvalue weighted by molar-refractivity contribution is 5.57. The zero-order valence-corrected chi connectivity index (χ0v) is 10.9. The Bertz CT molecular complexity index is 569. The number of ether oxygens (including phenoxy) is 1.